The van der Waals surface area contributed by atoms with Crippen molar-refractivity contribution in [3.63, 3.8) is 0 Å². The summed E-state index contributed by atoms with van der Waals surface area (Å²) in [5.74, 6) is 0.480. The predicted octanol–water partition coefficient (Wildman–Crippen LogP) is 3.41. The molecule has 2 aromatic rings. The van der Waals surface area contributed by atoms with E-state index in [1.807, 2.05) is 32.0 Å². The highest BCUT2D eigenvalue weighted by Gasteiger charge is 2.23. The molecule has 1 saturated heterocycles. The van der Waals surface area contributed by atoms with Crippen molar-refractivity contribution in [2.75, 3.05) is 31.2 Å². The summed E-state index contributed by atoms with van der Waals surface area (Å²) in [6, 6.07) is 5.83. The maximum atomic E-state index is 12.4. The number of rotatable bonds is 5. The number of fused-ring (bicyclic) bond motifs is 1. The normalized spacial score (nSPS) is 14.3. The second kappa shape index (κ2) is 6.86. The molecular weight excluding hydrogens is 292 g/mol. The number of carbonyl (C=O) groups is 1. The lowest BCUT2D eigenvalue weighted by Gasteiger charge is -2.22. The number of ether oxygens (including phenoxy) is 2. The van der Waals surface area contributed by atoms with Gasteiger partial charge in [-0.2, -0.15) is 0 Å². The molecule has 0 radical (unpaired) electrons. The Labute approximate surface area is 136 Å². The first-order chi connectivity index (χ1) is 11.2. The lowest BCUT2D eigenvalue weighted by molar-refractivity contribution is 0.0527. The van der Waals surface area contributed by atoms with Gasteiger partial charge in [-0.15, -0.1) is 0 Å². The van der Waals surface area contributed by atoms with Crippen LogP contribution in [0.5, 0.6) is 5.75 Å². The van der Waals surface area contributed by atoms with Crippen molar-refractivity contribution in [3.05, 3.63) is 30.0 Å². The number of aromatic nitrogens is 1. The van der Waals surface area contributed by atoms with E-state index >= 15 is 0 Å². The molecule has 0 N–H and O–H groups in total. The first-order valence-electron chi connectivity index (χ1n) is 8.22. The molecule has 1 aliphatic heterocycles. The van der Waals surface area contributed by atoms with Crippen LogP contribution in [0.2, 0.25) is 0 Å². The molecule has 0 unspecified atom stereocenters. The van der Waals surface area contributed by atoms with Crippen LogP contribution in [0.4, 0.5) is 5.69 Å². The fourth-order valence-corrected chi connectivity index (χ4v) is 3.05. The molecule has 0 spiro atoms. The second-order valence-corrected chi connectivity index (χ2v) is 5.55. The highest BCUT2D eigenvalue weighted by Crippen LogP contribution is 2.34. The molecule has 122 valence electrons. The molecule has 5 nitrogen and oxygen atoms in total. The highest BCUT2D eigenvalue weighted by molar-refractivity contribution is 6.05. The van der Waals surface area contributed by atoms with E-state index < -0.39 is 0 Å². The van der Waals surface area contributed by atoms with Crippen molar-refractivity contribution < 1.29 is 14.3 Å². The fraction of sp³-hybridized carbons (Fsp3) is 0.444. The third kappa shape index (κ3) is 3.09. The van der Waals surface area contributed by atoms with Crippen LogP contribution in [0.25, 0.3) is 10.9 Å². The second-order valence-electron chi connectivity index (χ2n) is 5.55. The molecule has 5 heteroatoms. The Bertz CT molecular complexity index is 709. The highest BCUT2D eigenvalue weighted by atomic mass is 16.5. The first-order valence-corrected chi connectivity index (χ1v) is 8.22. The number of pyridine rings is 1. The SMILES string of the molecule is CCOC(=O)c1cnc2ccc(OCC)cc2c1N1CCCC1. The van der Waals surface area contributed by atoms with Gasteiger partial charge in [0.05, 0.1) is 24.4 Å². The zero-order valence-corrected chi connectivity index (χ0v) is 13.7. The van der Waals surface area contributed by atoms with Crippen molar-refractivity contribution in [1.29, 1.82) is 0 Å². The molecule has 0 bridgehead atoms. The van der Waals surface area contributed by atoms with Gasteiger partial charge in [0, 0.05) is 24.7 Å². The molecule has 0 aliphatic carbocycles. The van der Waals surface area contributed by atoms with E-state index in [0.29, 0.717) is 18.8 Å². The van der Waals surface area contributed by atoms with Gasteiger partial charge in [0.1, 0.15) is 11.3 Å². The van der Waals surface area contributed by atoms with Gasteiger partial charge < -0.3 is 14.4 Å². The molecule has 1 aromatic heterocycles. The third-order valence-electron chi connectivity index (χ3n) is 4.04. The number of benzene rings is 1. The minimum absolute atomic E-state index is 0.314. The maximum Gasteiger partial charge on any atom is 0.341 e. The molecule has 3 rings (SSSR count). The Morgan fingerprint density at radius 1 is 1.22 bits per heavy atom. The molecule has 0 saturated carbocycles. The minimum Gasteiger partial charge on any atom is -0.494 e. The number of esters is 1. The molecule has 0 atom stereocenters. The van der Waals surface area contributed by atoms with E-state index in [-0.39, 0.29) is 5.97 Å². The lowest BCUT2D eigenvalue weighted by atomic mass is 10.1. The van der Waals surface area contributed by atoms with Crippen molar-refractivity contribution >= 4 is 22.6 Å². The van der Waals surface area contributed by atoms with Gasteiger partial charge in [-0.05, 0) is 44.9 Å². The summed E-state index contributed by atoms with van der Waals surface area (Å²) in [6.07, 6.45) is 3.91. The number of hydrogen-bond acceptors (Lipinski definition) is 5. The monoisotopic (exact) mass is 314 g/mol. The topological polar surface area (TPSA) is 51.7 Å². The Kier molecular flexibility index (Phi) is 4.65. The van der Waals surface area contributed by atoms with Crippen LogP contribution >= 0.6 is 0 Å². The summed E-state index contributed by atoms with van der Waals surface area (Å²) in [5.41, 5.74) is 2.32. The standard InChI is InChI=1S/C18H22N2O3/c1-3-22-13-7-8-16-14(11-13)17(20-9-5-6-10-20)15(12-19-16)18(21)23-4-2/h7-8,11-12H,3-6,9-10H2,1-2H3. The maximum absolute atomic E-state index is 12.4. The lowest BCUT2D eigenvalue weighted by Crippen LogP contribution is -2.22. The molecule has 0 amide bonds. The molecule has 23 heavy (non-hydrogen) atoms. The van der Waals surface area contributed by atoms with E-state index in [0.717, 1.165) is 48.3 Å². The zero-order valence-electron chi connectivity index (χ0n) is 13.7. The van der Waals surface area contributed by atoms with Crippen LogP contribution in [0, 0.1) is 0 Å². The van der Waals surface area contributed by atoms with Gasteiger partial charge in [-0.3, -0.25) is 4.98 Å². The van der Waals surface area contributed by atoms with Crippen LogP contribution in [0.1, 0.15) is 37.0 Å². The van der Waals surface area contributed by atoms with Crippen LogP contribution in [0.15, 0.2) is 24.4 Å². The van der Waals surface area contributed by atoms with Crippen molar-refractivity contribution in [1.82, 2.24) is 4.98 Å². The molecule has 1 aromatic carbocycles. The molecule has 1 aliphatic rings. The van der Waals surface area contributed by atoms with E-state index in [9.17, 15) is 4.79 Å². The van der Waals surface area contributed by atoms with Gasteiger partial charge in [0.15, 0.2) is 0 Å². The van der Waals surface area contributed by atoms with Crippen LogP contribution < -0.4 is 9.64 Å². The Balaban J connectivity index is 2.17. The Morgan fingerprint density at radius 2 is 2.00 bits per heavy atom. The van der Waals surface area contributed by atoms with Crippen LogP contribution in [-0.4, -0.2) is 37.3 Å². The summed E-state index contributed by atoms with van der Waals surface area (Å²) in [4.78, 5) is 19.0. The average Bonchev–Trinajstić information content (AvgIpc) is 3.08. The van der Waals surface area contributed by atoms with E-state index in [1.165, 1.54) is 0 Å². The summed E-state index contributed by atoms with van der Waals surface area (Å²) >= 11 is 0. The van der Waals surface area contributed by atoms with Gasteiger partial charge >= 0.3 is 5.97 Å². The summed E-state index contributed by atoms with van der Waals surface area (Å²) in [5, 5.41) is 0.948. The van der Waals surface area contributed by atoms with E-state index in [2.05, 4.69) is 9.88 Å². The van der Waals surface area contributed by atoms with Crippen LogP contribution in [0.3, 0.4) is 0 Å². The fourth-order valence-electron chi connectivity index (χ4n) is 3.05. The summed E-state index contributed by atoms with van der Waals surface area (Å²) in [6.45, 7) is 6.63. The van der Waals surface area contributed by atoms with Gasteiger partial charge in [-0.1, -0.05) is 0 Å². The minimum atomic E-state index is -0.314. The average molecular weight is 314 g/mol. The van der Waals surface area contributed by atoms with Crippen molar-refractivity contribution in [2.24, 2.45) is 0 Å². The number of hydrogen-bond donors (Lipinski definition) is 0. The van der Waals surface area contributed by atoms with Crippen LogP contribution in [-0.2, 0) is 4.74 Å². The van der Waals surface area contributed by atoms with Crippen molar-refractivity contribution in [2.45, 2.75) is 26.7 Å². The molecule has 1 fully saturated rings. The third-order valence-corrected chi connectivity index (χ3v) is 4.04. The quantitative estimate of drug-likeness (QED) is 0.792. The zero-order chi connectivity index (χ0) is 16.2. The smallest absolute Gasteiger partial charge is 0.341 e. The molecule has 2 heterocycles. The number of carbonyl (C=O) groups excluding carboxylic acids is 1. The van der Waals surface area contributed by atoms with E-state index in [4.69, 9.17) is 9.47 Å². The first kappa shape index (κ1) is 15.6. The predicted molar refractivity (Wildman–Crippen MR) is 90.3 cm³/mol. The Morgan fingerprint density at radius 3 is 2.70 bits per heavy atom. The van der Waals surface area contributed by atoms with Gasteiger partial charge in [0.2, 0.25) is 0 Å². The number of anilines is 1. The number of nitrogens with zero attached hydrogens (tertiary/aromatic N) is 2. The summed E-state index contributed by atoms with van der Waals surface area (Å²) in [7, 11) is 0. The summed E-state index contributed by atoms with van der Waals surface area (Å²) < 4.78 is 10.8. The molecular formula is C18H22N2O3. The Hall–Kier alpha value is -2.30. The van der Waals surface area contributed by atoms with Crippen molar-refractivity contribution in [3.8, 4) is 5.75 Å². The van der Waals surface area contributed by atoms with E-state index in [1.54, 1.807) is 6.20 Å². The van der Waals surface area contributed by atoms with Gasteiger partial charge in [-0.25, -0.2) is 4.79 Å². The largest absolute Gasteiger partial charge is 0.494 e. The van der Waals surface area contributed by atoms with Gasteiger partial charge in [0.25, 0.3) is 0 Å².